The van der Waals surface area contributed by atoms with Crippen LogP contribution in [0.5, 0.6) is 0 Å². The van der Waals surface area contributed by atoms with Gasteiger partial charge in [0.15, 0.2) is 0 Å². The molecule has 0 aliphatic carbocycles. The normalized spacial score (nSPS) is 10.5. The summed E-state index contributed by atoms with van der Waals surface area (Å²) in [6, 6.07) is 6.44. The van der Waals surface area contributed by atoms with Crippen LogP contribution in [-0.2, 0) is 6.42 Å². The van der Waals surface area contributed by atoms with Crippen molar-refractivity contribution in [2.75, 3.05) is 11.9 Å². The zero-order valence-corrected chi connectivity index (χ0v) is 10.0. The van der Waals surface area contributed by atoms with E-state index in [2.05, 4.69) is 35.4 Å². The van der Waals surface area contributed by atoms with E-state index in [9.17, 15) is 0 Å². The number of benzene rings is 1. The SMILES string of the molecule is Cc1cccc(Nc2nnc(CCN)o2)c1C. The number of hydrogen-bond donors (Lipinski definition) is 2. The molecule has 1 heterocycles. The highest BCUT2D eigenvalue weighted by Crippen LogP contribution is 2.21. The van der Waals surface area contributed by atoms with Gasteiger partial charge in [-0.2, -0.15) is 0 Å². The molecule has 17 heavy (non-hydrogen) atoms. The molecule has 2 rings (SSSR count). The van der Waals surface area contributed by atoms with Gasteiger partial charge in [0.2, 0.25) is 5.89 Å². The van der Waals surface area contributed by atoms with Gasteiger partial charge in [-0.05, 0) is 31.0 Å². The Balaban J connectivity index is 2.16. The van der Waals surface area contributed by atoms with Gasteiger partial charge in [0.1, 0.15) is 0 Å². The largest absolute Gasteiger partial charge is 0.408 e. The van der Waals surface area contributed by atoms with E-state index in [-0.39, 0.29) is 0 Å². The molecule has 0 aliphatic heterocycles. The van der Waals surface area contributed by atoms with Crippen molar-refractivity contribution >= 4 is 11.7 Å². The van der Waals surface area contributed by atoms with Crippen molar-refractivity contribution in [1.29, 1.82) is 0 Å². The Kier molecular flexibility index (Phi) is 3.39. The van der Waals surface area contributed by atoms with E-state index in [1.165, 1.54) is 11.1 Å². The third-order valence-electron chi connectivity index (χ3n) is 2.67. The number of anilines is 2. The maximum absolute atomic E-state index is 5.42. The van der Waals surface area contributed by atoms with Gasteiger partial charge >= 0.3 is 6.01 Å². The van der Waals surface area contributed by atoms with Gasteiger partial charge in [0, 0.05) is 18.7 Å². The molecular weight excluding hydrogens is 216 g/mol. The fourth-order valence-corrected chi connectivity index (χ4v) is 1.53. The molecule has 0 saturated carbocycles. The standard InChI is InChI=1S/C12H16N4O/c1-8-4-3-5-10(9(8)2)14-12-16-15-11(17-12)6-7-13/h3-5H,6-7,13H2,1-2H3,(H,14,16). The quantitative estimate of drug-likeness (QED) is 0.842. The van der Waals surface area contributed by atoms with Gasteiger partial charge in [0.25, 0.3) is 0 Å². The average molecular weight is 232 g/mol. The molecule has 0 radical (unpaired) electrons. The highest BCUT2D eigenvalue weighted by molar-refractivity contribution is 5.59. The highest BCUT2D eigenvalue weighted by Gasteiger charge is 2.07. The Bertz CT molecular complexity index is 507. The minimum absolute atomic E-state index is 0.405. The first kappa shape index (κ1) is 11.6. The number of aryl methyl sites for hydroxylation is 1. The van der Waals surface area contributed by atoms with Gasteiger partial charge in [0.05, 0.1) is 0 Å². The van der Waals surface area contributed by atoms with E-state index in [1.807, 2.05) is 12.1 Å². The first-order valence-corrected chi connectivity index (χ1v) is 5.56. The molecule has 0 amide bonds. The van der Waals surface area contributed by atoms with Gasteiger partial charge in [-0.3, -0.25) is 0 Å². The summed E-state index contributed by atoms with van der Waals surface area (Å²) in [6.07, 6.45) is 0.599. The molecule has 0 atom stereocenters. The maximum atomic E-state index is 5.42. The van der Waals surface area contributed by atoms with Crippen molar-refractivity contribution in [2.45, 2.75) is 20.3 Å². The third-order valence-corrected chi connectivity index (χ3v) is 2.67. The summed E-state index contributed by atoms with van der Waals surface area (Å²) in [5, 5.41) is 10.9. The molecule has 0 spiro atoms. The van der Waals surface area contributed by atoms with Crippen LogP contribution >= 0.6 is 0 Å². The van der Waals surface area contributed by atoms with E-state index in [1.54, 1.807) is 0 Å². The van der Waals surface area contributed by atoms with E-state index >= 15 is 0 Å². The Hall–Kier alpha value is -1.88. The predicted molar refractivity (Wildman–Crippen MR) is 66.3 cm³/mol. The minimum atomic E-state index is 0.405. The first-order chi connectivity index (χ1) is 8.20. The lowest BCUT2D eigenvalue weighted by Gasteiger charge is -2.07. The smallest absolute Gasteiger partial charge is 0.320 e. The average Bonchev–Trinajstić information content (AvgIpc) is 2.73. The summed E-state index contributed by atoms with van der Waals surface area (Å²) in [5.41, 5.74) is 8.79. The molecule has 0 fully saturated rings. The topological polar surface area (TPSA) is 77.0 Å². The van der Waals surface area contributed by atoms with Crippen LogP contribution < -0.4 is 11.1 Å². The molecule has 1 aromatic heterocycles. The maximum Gasteiger partial charge on any atom is 0.320 e. The molecule has 3 N–H and O–H groups in total. The van der Waals surface area contributed by atoms with Crippen LogP contribution in [-0.4, -0.2) is 16.7 Å². The van der Waals surface area contributed by atoms with Crippen LogP contribution in [0.25, 0.3) is 0 Å². The molecule has 5 heteroatoms. The van der Waals surface area contributed by atoms with Crippen molar-refractivity contribution in [2.24, 2.45) is 5.73 Å². The van der Waals surface area contributed by atoms with Crippen LogP contribution in [0.15, 0.2) is 22.6 Å². The predicted octanol–water partition coefficient (Wildman–Crippen LogP) is 1.93. The van der Waals surface area contributed by atoms with E-state index in [4.69, 9.17) is 10.2 Å². The summed E-state index contributed by atoms with van der Waals surface area (Å²) in [4.78, 5) is 0. The van der Waals surface area contributed by atoms with E-state index in [0.717, 1.165) is 5.69 Å². The van der Waals surface area contributed by atoms with Gasteiger partial charge < -0.3 is 15.5 Å². The Morgan fingerprint density at radius 2 is 2.12 bits per heavy atom. The molecule has 0 aliphatic rings. The molecule has 1 aromatic carbocycles. The molecular formula is C12H16N4O. The van der Waals surface area contributed by atoms with Crippen molar-refractivity contribution in [3.05, 3.63) is 35.2 Å². The zero-order valence-electron chi connectivity index (χ0n) is 10.0. The number of nitrogens with zero attached hydrogens (tertiary/aromatic N) is 2. The Morgan fingerprint density at radius 1 is 1.29 bits per heavy atom. The van der Waals surface area contributed by atoms with Crippen molar-refractivity contribution in [3.63, 3.8) is 0 Å². The third kappa shape index (κ3) is 2.62. The zero-order chi connectivity index (χ0) is 12.3. The second-order valence-electron chi connectivity index (χ2n) is 3.91. The second kappa shape index (κ2) is 4.97. The number of hydrogen-bond acceptors (Lipinski definition) is 5. The summed E-state index contributed by atoms with van der Waals surface area (Å²) < 4.78 is 5.41. The first-order valence-electron chi connectivity index (χ1n) is 5.56. The van der Waals surface area contributed by atoms with Crippen LogP contribution in [0, 0.1) is 13.8 Å². The Morgan fingerprint density at radius 3 is 2.88 bits per heavy atom. The van der Waals surface area contributed by atoms with Crippen molar-refractivity contribution < 1.29 is 4.42 Å². The molecule has 0 saturated heterocycles. The summed E-state index contributed by atoms with van der Waals surface area (Å²) >= 11 is 0. The molecule has 0 unspecified atom stereocenters. The van der Waals surface area contributed by atoms with Gasteiger partial charge in [-0.1, -0.05) is 17.2 Å². The molecule has 2 aromatic rings. The second-order valence-corrected chi connectivity index (χ2v) is 3.91. The van der Waals surface area contributed by atoms with E-state index < -0.39 is 0 Å². The van der Waals surface area contributed by atoms with Crippen molar-refractivity contribution in [1.82, 2.24) is 10.2 Å². The summed E-state index contributed by atoms with van der Waals surface area (Å²) in [7, 11) is 0. The number of aromatic nitrogens is 2. The van der Waals surface area contributed by atoms with E-state index in [0.29, 0.717) is 24.9 Å². The number of rotatable bonds is 4. The Labute approximate surface area is 100 Å². The van der Waals surface area contributed by atoms with Crippen LogP contribution in [0.3, 0.4) is 0 Å². The summed E-state index contributed by atoms with van der Waals surface area (Å²) in [5.74, 6) is 0.556. The van der Waals surface area contributed by atoms with Gasteiger partial charge in [-0.15, -0.1) is 5.10 Å². The lowest BCUT2D eigenvalue weighted by atomic mass is 10.1. The number of nitrogens with one attached hydrogen (secondary N) is 1. The van der Waals surface area contributed by atoms with Crippen LogP contribution in [0.2, 0.25) is 0 Å². The van der Waals surface area contributed by atoms with Crippen LogP contribution in [0.4, 0.5) is 11.7 Å². The molecule has 5 nitrogen and oxygen atoms in total. The lowest BCUT2D eigenvalue weighted by Crippen LogP contribution is -2.02. The minimum Gasteiger partial charge on any atom is -0.408 e. The molecule has 0 bridgehead atoms. The van der Waals surface area contributed by atoms with Crippen LogP contribution in [0.1, 0.15) is 17.0 Å². The summed E-state index contributed by atoms with van der Waals surface area (Å²) in [6.45, 7) is 4.62. The molecule has 90 valence electrons. The fourth-order valence-electron chi connectivity index (χ4n) is 1.53. The lowest BCUT2D eigenvalue weighted by molar-refractivity contribution is 0.510. The monoisotopic (exact) mass is 232 g/mol. The van der Waals surface area contributed by atoms with Gasteiger partial charge in [-0.25, -0.2) is 0 Å². The number of nitrogens with two attached hydrogens (primary N) is 1. The highest BCUT2D eigenvalue weighted by atomic mass is 16.4. The fraction of sp³-hybridized carbons (Fsp3) is 0.333. The van der Waals surface area contributed by atoms with Crippen molar-refractivity contribution in [3.8, 4) is 0 Å².